The van der Waals surface area contributed by atoms with Gasteiger partial charge in [0.05, 0.1) is 7.11 Å². The molecule has 1 saturated heterocycles. The van der Waals surface area contributed by atoms with Crippen molar-refractivity contribution < 1.29 is 14.6 Å². The summed E-state index contributed by atoms with van der Waals surface area (Å²) >= 11 is 0. The van der Waals surface area contributed by atoms with Gasteiger partial charge in [-0.15, -0.1) is 0 Å². The van der Waals surface area contributed by atoms with Crippen LogP contribution in [-0.4, -0.2) is 35.7 Å². The Hall–Kier alpha value is -1.55. The van der Waals surface area contributed by atoms with E-state index in [4.69, 9.17) is 4.74 Å². The van der Waals surface area contributed by atoms with E-state index in [1.54, 1.807) is 7.11 Å². The van der Waals surface area contributed by atoms with Crippen molar-refractivity contribution in [1.82, 2.24) is 4.90 Å². The van der Waals surface area contributed by atoms with Gasteiger partial charge in [0.2, 0.25) is 0 Å². The van der Waals surface area contributed by atoms with E-state index in [2.05, 4.69) is 24.0 Å². The number of aliphatic carboxylic acids is 1. The number of ether oxygens (including phenoxy) is 1. The van der Waals surface area contributed by atoms with Gasteiger partial charge in [-0.2, -0.15) is 0 Å². The Labute approximate surface area is 120 Å². The van der Waals surface area contributed by atoms with Gasteiger partial charge in [-0.1, -0.05) is 25.5 Å². The first-order chi connectivity index (χ1) is 9.65. The first-order valence-electron chi connectivity index (χ1n) is 7.28. The van der Waals surface area contributed by atoms with E-state index in [1.807, 2.05) is 6.07 Å². The maximum absolute atomic E-state index is 11.4. The summed E-state index contributed by atoms with van der Waals surface area (Å²) < 4.78 is 5.41. The molecule has 1 atom stereocenters. The predicted molar refractivity (Wildman–Crippen MR) is 78.1 cm³/mol. The summed E-state index contributed by atoms with van der Waals surface area (Å²) in [4.78, 5) is 13.4. The summed E-state index contributed by atoms with van der Waals surface area (Å²) in [6, 6.07) is 5.81. The van der Waals surface area contributed by atoms with Gasteiger partial charge in [0.1, 0.15) is 11.8 Å². The van der Waals surface area contributed by atoms with Crippen LogP contribution >= 0.6 is 0 Å². The minimum atomic E-state index is -0.713. The van der Waals surface area contributed by atoms with Gasteiger partial charge in [0, 0.05) is 12.1 Å². The Kier molecular flexibility index (Phi) is 5.01. The Morgan fingerprint density at radius 1 is 1.45 bits per heavy atom. The highest BCUT2D eigenvalue weighted by molar-refractivity contribution is 5.73. The lowest BCUT2D eigenvalue weighted by molar-refractivity contribution is -0.144. The highest BCUT2D eigenvalue weighted by Gasteiger charge is 2.28. The number of carbonyl (C=O) groups is 1. The van der Waals surface area contributed by atoms with Gasteiger partial charge in [-0.3, -0.25) is 9.69 Å². The summed E-state index contributed by atoms with van der Waals surface area (Å²) in [6.07, 6.45) is 3.78. The third-order valence-electron chi connectivity index (χ3n) is 4.03. The molecule has 0 aliphatic carbocycles. The second-order valence-corrected chi connectivity index (χ2v) is 5.32. The molecule has 1 fully saturated rings. The van der Waals surface area contributed by atoms with Crippen molar-refractivity contribution in [1.29, 1.82) is 0 Å². The lowest BCUT2D eigenvalue weighted by Crippen LogP contribution is -2.44. The van der Waals surface area contributed by atoms with Crippen LogP contribution in [0.15, 0.2) is 18.2 Å². The third-order valence-corrected chi connectivity index (χ3v) is 4.03. The van der Waals surface area contributed by atoms with Gasteiger partial charge in [-0.25, -0.2) is 0 Å². The fraction of sp³-hybridized carbons (Fsp3) is 0.562. The zero-order valence-corrected chi connectivity index (χ0v) is 12.3. The second kappa shape index (κ2) is 6.75. The van der Waals surface area contributed by atoms with E-state index in [-0.39, 0.29) is 6.04 Å². The van der Waals surface area contributed by atoms with Crippen molar-refractivity contribution in [2.75, 3.05) is 13.7 Å². The molecule has 1 aromatic rings. The molecule has 20 heavy (non-hydrogen) atoms. The molecule has 110 valence electrons. The molecule has 0 bridgehead atoms. The SMILES string of the molecule is CCc1ccc(OC)c(CN2CCCCC2C(=O)O)c1. The maximum atomic E-state index is 11.4. The monoisotopic (exact) mass is 277 g/mol. The summed E-state index contributed by atoms with van der Waals surface area (Å²) in [5, 5.41) is 9.34. The molecule has 0 spiro atoms. The molecule has 4 nitrogen and oxygen atoms in total. The van der Waals surface area contributed by atoms with Gasteiger partial charge in [-0.05, 0) is 37.4 Å². The highest BCUT2D eigenvalue weighted by Crippen LogP contribution is 2.26. The number of piperidine rings is 1. The second-order valence-electron chi connectivity index (χ2n) is 5.32. The van der Waals surface area contributed by atoms with E-state index in [0.717, 1.165) is 43.5 Å². The highest BCUT2D eigenvalue weighted by atomic mass is 16.5. The van der Waals surface area contributed by atoms with Crippen LogP contribution in [-0.2, 0) is 17.8 Å². The van der Waals surface area contributed by atoms with Gasteiger partial charge >= 0.3 is 5.97 Å². The van der Waals surface area contributed by atoms with E-state index in [1.165, 1.54) is 5.56 Å². The molecule has 1 aliphatic rings. The molecule has 1 unspecified atom stereocenters. The number of aryl methyl sites for hydroxylation is 1. The summed E-state index contributed by atoms with van der Waals surface area (Å²) in [7, 11) is 1.66. The van der Waals surface area contributed by atoms with Crippen LogP contribution in [0.3, 0.4) is 0 Å². The lowest BCUT2D eigenvalue weighted by Gasteiger charge is -2.33. The zero-order valence-electron chi connectivity index (χ0n) is 12.3. The fourth-order valence-corrected chi connectivity index (χ4v) is 2.85. The van der Waals surface area contributed by atoms with Crippen LogP contribution in [0.1, 0.15) is 37.3 Å². The van der Waals surface area contributed by atoms with Crippen molar-refractivity contribution in [3.63, 3.8) is 0 Å². The number of hydrogen-bond donors (Lipinski definition) is 1. The first kappa shape index (κ1) is 14.9. The van der Waals surface area contributed by atoms with E-state index in [0.29, 0.717) is 6.54 Å². The summed E-state index contributed by atoms with van der Waals surface area (Å²) in [6.45, 7) is 3.61. The van der Waals surface area contributed by atoms with Crippen molar-refractivity contribution in [2.24, 2.45) is 0 Å². The topological polar surface area (TPSA) is 49.8 Å². The van der Waals surface area contributed by atoms with Gasteiger partial charge in [0.25, 0.3) is 0 Å². The van der Waals surface area contributed by atoms with E-state index in [9.17, 15) is 9.90 Å². The van der Waals surface area contributed by atoms with Crippen molar-refractivity contribution in [3.05, 3.63) is 29.3 Å². The van der Waals surface area contributed by atoms with Crippen LogP contribution in [0.4, 0.5) is 0 Å². The smallest absolute Gasteiger partial charge is 0.320 e. The number of nitrogens with zero attached hydrogens (tertiary/aromatic N) is 1. The van der Waals surface area contributed by atoms with Crippen LogP contribution in [0.2, 0.25) is 0 Å². The molecule has 0 radical (unpaired) electrons. The Morgan fingerprint density at radius 2 is 2.25 bits per heavy atom. The first-order valence-corrected chi connectivity index (χ1v) is 7.28. The molecule has 1 heterocycles. The summed E-state index contributed by atoms with van der Waals surface area (Å²) in [5.74, 6) is 0.132. The largest absolute Gasteiger partial charge is 0.496 e. The zero-order chi connectivity index (χ0) is 14.5. The Balaban J connectivity index is 2.20. The van der Waals surface area contributed by atoms with Crippen LogP contribution in [0.25, 0.3) is 0 Å². The Morgan fingerprint density at radius 3 is 2.90 bits per heavy atom. The molecule has 1 aromatic carbocycles. The molecule has 1 N–H and O–H groups in total. The third kappa shape index (κ3) is 3.31. The van der Waals surface area contributed by atoms with Crippen LogP contribution in [0, 0.1) is 0 Å². The number of carboxylic acid groups (broad SMARTS) is 1. The number of hydrogen-bond acceptors (Lipinski definition) is 3. The average Bonchev–Trinajstić information content (AvgIpc) is 2.47. The average molecular weight is 277 g/mol. The molecule has 1 aliphatic heterocycles. The van der Waals surface area contributed by atoms with Gasteiger partial charge in [0.15, 0.2) is 0 Å². The molecule has 0 saturated carbocycles. The molecule has 4 heteroatoms. The lowest BCUT2D eigenvalue weighted by atomic mass is 10.00. The quantitative estimate of drug-likeness (QED) is 0.899. The van der Waals surface area contributed by atoms with Crippen molar-refractivity contribution in [3.8, 4) is 5.75 Å². The number of methoxy groups -OCH3 is 1. The molecule has 0 aromatic heterocycles. The van der Waals surface area contributed by atoms with Gasteiger partial charge < -0.3 is 9.84 Å². The molecular formula is C16H23NO3. The van der Waals surface area contributed by atoms with Crippen molar-refractivity contribution >= 4 is 5.97 Å². The Bertz CT molecular complexity index is 473. The number of benzene rings is 1. The minimum absolute atomic E-state index is 0.362. The molecular weight excluding hydrogens is 254 g/mol. The maximum Gasteiger partial charge on any atom is 0.320 e. The van der Waals surface area contributed by atoms with Crippen LogP contribution in [0.5, 0.6) is 5.75 Å². The minimum Gasteiger partial charge on any atom is -0.496 e. The molecule has 0 amide bonds. The number of rotatable bonds is 5. The fourth-order valence-electron chi connectivity index (χ4n) is 2.85. The number of likely N-dealkylation sites (tertiary alicyclic amines) is 1. The van der Waals surface area contributed by atoms with Crippen LogP contribution < -0.4 is 4.74 Å². The number of carboxylic acids is 1. The molecule has 2 rings (SSSR count). The van der Waals surface area contributed by atoms with E-state index >= 15 is 0 Å². The van der Waals surface area contributed by atoms with Crippen molar-refractivity contribution in [2.45, 2.75) is 45.2 Å². The predicted octanol–water partition coefficient (Wildman–Crippen LogP) is 2.70. The summed E-state index contributed by atoms with van der Waals surface area (Å²) in [5.41, 5.74) is 2.34. The van der Waals surface area contributed by atoms with E-state index < -0.39 is 5.97 Å². The standard InChI is InChI=1S/C16H23NO3/c1-3-12-7-8-15(20-2)13(10-12)11-17-9-5-4-6-14(17)16(18)19/h7-8,10,14H,3-6,9,11H2,1-2H3,(H,18,19). The normalized spacial score (nSPS) is 19.8.